The van der Waals surface area contributed by atoms with E-state index in [0.717, 1.165) is 73.0 Å². The van der Waals surface area contributed by atoms with Crippen molar-refractivity contribution in [3.8, 4) is 0 Å². The van der Waals surface area contributed by atoms with Crippen molar-refractivity contribution in [3.63, 3.8) is 0 Å². The number of rotatable bonds is 8. The van der Waals surface area contributed by atoms with Crippen molar-refractivity contribution in [1.82, 2.24) is 30.4 Å². The van der Waals surface area contributed by atoms with Gasteiger partial charge in [0.25, 0.3) is 0 Å². The van der Waals surface area contributed by atoms with E-state index in [1.807, 2.05) is 12.1 Å². The Balaban J connectivity index is 1.23. The van der Waals surface area contributed by atoms with Crippen LogP contribution in [0.25, 0.3) is 11.1 Å². The first-order valence-electron chi connectivity index (χ1n) is 11.2. The molecule has 2 aromatic heterocycles. The molecule has 2 N–H and O–H groups in total. The Labute approximate surface area is 187 Å². The Morgan fingerprint density at radius 2 is 1.22 bits per heavy atom. The molecule has 0 aliphatic heterocycles. The number of aromatic nitrogens is 6. The van der Waals surface area contributed by atoms with E-state index in [1.54, 1.807) is 0 Å². The number of H-pyrrole nitrogens is 2. The lowest BCUT2D eigenvalue weighted by atomic mass is 9.98. The van der Waals surface area contributed by atoms with Crippen LogP contribution < -0.4 is 0 Å². The number of aromatic amines is 2. The minimum absolute atomic E-state index is 0.741. The number of nitrogens with zero attached hydrogens (tertiary/aromatic N) is 4. The molecule has 1 aliphatic rings. The Bertz CT molecular complexity index is 1220. The van der Waals surface area contributed by atoms with Crippen molar-refractivity contribution in [3.05, 3.63) is 107 Å². The van der Waals surface area contributed by atoms with Gasteiger partial charge in [-0.25, -0.2) is 9.97 Å². The molecule has 0 bridgehead atoms. The van der Waals surface area contributed by atoms with E-state index < -0.39 is 0 Å². The Morgan fingerprint density at radius 1 is 0.656 bits per heavy atom. The summed E-state index contributed by atoms with van der Waals surface area (Å²) in [7, 11) is 0. The van der Waals surface area contributed by atoms with E-state index in [9.17, 15) is 0 Å². The summed E-state index contributed by atoms with van der Waals surface area (Å²) in [4.78, 5) is 9.45. The van der Waals surface area contributed by atoms with Gasteiger partial charge in [-0.2, -0.15) is 10.2 Å². The second-order valence-corrected chi connectivity index (χ2v) is 8.05. The average molecular weight is 423 g/mol. The number of nitrogens with one attached hydrogen (secondary N) is 2. The molecule has 32 heavy (non-hydrogen) atoms. The van der Waals surface area contributed by atoms with Crippen molar-refractivity contribution in [2.24, 2.45) is 0 Å². The third-order valence-corrected chi connectivity index (χ3v) is 5.70. The lowest BCUT2D eigenvalue weighted by Gasteiger charge is -2.09. The fraction of sp³-hybridized carbons (Fsp3) is 0.231. The van der Waals surface area contributed by atoms with Crippen LogP contribution in [-0.2, 0) is 25.7 Å². The maximum atomic E-state index is 4.73. The molecule has 0 radical (unpaired) electrons. The van der Waals surface area contributed by atoms with Crippen molar-refractivity contribution in [2.75, 3.05) is 0 Å². The summed E-state index contributed by atoms with van der Waals surface area (Å²) in [5.74, 6) is 3.34. The zero-order valence-corrected chi connectivity index (χ0v) is 18.0. The molecule has 6 heteroatoms. The average Bonchev–Trinajstić information content (AvgIpc) is 3.53. The Morgan fingerprint density at radius 3 is 1.84 bits per heavy atom. The van der Waals surface area contributed by atoms with E-state index in [4.69, 9.17) is 9.97 Å². The van der Waals surface area contributed by atoms with Crippen LogP contribution in [0, 0.1) is 0 Å². The molecule has 0 unspecified atom stereocenters. The van der Waals surface area contributed by atoms with Gasteiger partial charge in [0, 0.05) is 18.4 Å². The van der Waals surface area contributed by atoms with Gasteiger partial charge in [0.1, 0.15) is 11.6 Å². The molecule has 2 aromatic carbocycles. The number of hydrogen-bond donors (Lipinski definition) is 2. The maximum absolute atomic E-state index is 4.73. The summed E-state index contributed by atoms with van der Waals surface area (Å²) < 4.78 is 0. The van der Waals surface area contributed by atoms with E-state index in [-0.39, 0.29) is 0 Å². The zero-order valence-electron chi connectivity index (χ0n) is 18.0. The smallest absolute Gasteiger partial charge is 0.180 e. The summed E-state index contributed by atoms with van der Waals surface area (Å²) in [6, 6.07) is 20.9. The van der Waals surface area contributed by atoms with Gasteiger partial charge in [-0.1, -0.05) is 66.7 Å². The summed E-state index contributed by atoms with van der Waals surface area (Å²) in [6.45, 7) is 0. The van der Waals surface area contributed by atoms with Crippen LogP contribution in [0.5, 0.6) is 0 Å². The van der Waals surface area contributed by atoms with E-state index >= 15 is 0 Å². The van der Waals surface area contributed by atoms with Gasteiger partial charge in [0.05, 0.1) is 0 Å². The van der Waals surface area contributed by atoms with Gasteiger partial charge in [-0.05, 0) is 48.5 Å². The molecule has 160 valence electrons. The molecule has 5 rings (SSSR count). The molecule has 4 aromatic rings. The molecule has 2 heterocycles. The van der Waals surface area contributed by atoms with Gasteiger partial charge >= 0.3 is 0 Å². The predicted molar refractivity (Wildman–Crippen MR) is 126 cm³/mol. The molecule has 0 saturated carbocycles. The largest absolute Gasteiger partial charge is 0.263 e. The highest BCUT2D eigenvalue weighted by atomic mass is 15.2. The highest BCUT2D eigenvalue weighted by molar-refractivity contribution is 5.81. The van der Waals surface area contributed by atoms with Crippen molar-refractivity contribution >= 4 is 11.1 Å². The lowest BCUT2D eigenvalue weighted by molar-refractivity contribution is 0.865. The van der Waals surface area contributed by atoms with Gasteiger partial charge in [0.2, 0.25) is 0 Å². The number of hydrogen-bond acceptors (Lipinski definition) is 4. The molecule has 6 nitrogen and oxygen atoms in total. The van der Waals surface area contributed by atoms with Crippen LogP contribution in [0.1, 0.15) is 47.3 Å². The molecule has 0 amide bonds. The second-order valence-electron chi connectivity index (χ2n) is 8.05. The van der Waals surface area contributed by atoms with Crippen molar-refractivity contribution in [2.45, 2.75) is 38.5 Å². The maximum Gasteiger partial charge on any atom is 0.180 e. The van der Waals surface area contributed by atoms with Crippen molar-refractivity contribution in [1.29, 1.82) is 0 Å². The molecular formula is C26H26N6. The molecule has 0 saturated heterocycles. The van der Waals surface area contributed by atoms with Gasteiger partial charge < -0.3 is 0 Å². The van der Waals surface area contributed by atoms with E-state index in [1.165, 1.54) is 11.1 Å². The molecule has 0 spiro atoms. The monoisotopic (exact) mass is 422 g/mol. The highest BCUT2D eigenvalue weighted by Gasteiger charge is 2.16. The molecule has 0 fully saturated rings. The van der Waals surface area contributed by atoms with Gasteiger partial charge in [0.15, 0.2) is 11.6 Å². The van der Waals surface area contributed by atoms with Crippen LogP contribution in [0.3, 0.4) is 0 Å². The number of allylic oxidation sites excluding steroid dienone is 4. The Kier molecular flexibility index (Phi) is 6.01. The van der Waals surface area contributed by atoms with Crippen LogP contribution >= 0.6 is 0 Å². The normalized spacial score (nSPS) is 13.6. The summed E-state index contributed by atoms with van der Waals surface area (Å²) in [5, 5.41) is 15.1. The minimum atomic E-state index is 0.741. The van der Waals surface area contributed by atoms with Crippen LogP contribution in [0.15, 0.2) is 72.8 Å². The lowest BCUT2D eigenvalue weighted by Crippen LogP contribution is -1.97. The SMILES string of the molecule is C1=C(c2n[nH]c(CCc3ccccc3)n2)C=C(c2n[nH]c(CCc3ccccc3)n2)CC1. The molecule has 1 aliphatic carbocycles. The first kappa shape index (κ1) is 20.1. The minimum Gasteiger partial charge on any atom is -0.263 e. The van der Waals surface area contributed by atoms with Crippen LogP contribution in [-0.4, -0.2) is 30.4 Å². The van der Waals surface area contributed by atoms with E-state index in [2.05, 4.69) is 81.1 Å². The van der Waals surface area contributed by atoms with Crippen molar-refractivity contribution < 1.29 is 0 Å². The molecule has 0 atom stereocenters. The molecular weight excluding hydrogens is 396 g/mol. The first-order chi connectivity index (χ1) is 15.8. The summed E-state index contributed by atoms with van der Waals surface area (Å²) >= 11 is 0. The number of benzene rings is 2. The number of aryl methyl sites for hydroxylation is 4. The van der Waals surface area contributed by atoms with Crippen LogP contribution in [0.4, 0.5) is 0 Å². The van der Waals surface area contributed by atoms with E-state index in [0.29, 0.717) is 0 Å². The van der Waals surface area contributed by atoms with Gasteiger partial charge in [-0.3, -0.25) is 10.2 Å². The summed E-state index contributed by atoms with van der Waals surface area (Å²) in [5.41, 5.74) is 4.77. The second kappa shape index (κ2) is 9.56. The Hall–Kier alpha value is -3.80. The quantitative estimate of drug-likeness (QED) is 0.429. The third kappa shape index (κ3) is 4.91. The fourth-order valence-electron chi connectivity index (χ4n) is 3.94. The highest BCUT2D eigenvalue weighted by Crippen LogP contribution is 2.28. The first-order valence-corrected chi connectivity index (χ1v) is 11.2. The van der Waals surface area contributed by atoms with Crippen LogP contribution in [0.2, 0.25) is 0 Å². The third-order valence-electron chi connectivity index (χ3n) is 5.70. The predicted octanol–water partition coefficient (Wildman–Crippen LogP) is 4.75. The van der Waals surface area contributed by atoms with Gasteiger partial charge in [-0.15, -0.1) is 0 Å². The fourth-order valence-corrected chi connectivity index (χ4v) is 3.94. The standard InChI is InChI=1S/C26H26N6/c1-3-8-19(9-4-1)14-16-23-27-25(31-29-23)21-12-7-13-22(18-21)26-28-24(30-32-26)17-15-20-10-5-2-6-11-20/h1-6,8-12,18H,7,13-17H2,(H,27,29,31)(H,28,30,32). The zero-order chi connectivity index (χ0) is 21.6. The summed E-state index contributed by atoms with van der Waals surface area (Å²) in [6.07, 6.45) is 9.74. The topological polar surface area (TPSA) is 83.1 Å².